The zero-order chi connectivity index (χ0) is 101. The van der Waals surface area contributed by atoms with Crippen molar-refractivity contribution in [2.75, 3.05) is 49.4 Å². The maximum atomic E-state index is 16.0. The third-order valence-corrected chi connectivity index (χ3v) is 23.9. The minimum absolute atomic E-state index is 0.201. The van der Waals surface area contributed by atoms with Gasteiger partial charge in [-0.1, -0.05) is 106 Å². The average molecular weight is 1950 g/mol. The van der Waals surface area contributed by atoms with E-state index >= 15 is 24.0 Å². The van der Waals surface area contributed by atoms with Gasteiger partial charge in [-0.05, 0) is 85.5 Å². The van der Waals surface area contributed by atoms with Crippen LogP contribution in [0.3, 0.4) is 0 Å². The largest absolute Gasteiger partial charge is 0.508 e. The van der Waals surface area contributed by atoms with Crippen molar-refractivity contribution in [1.29, 1.82) is 0 Å². The lowest BCUT2D eigenvalue weighted by atomic mass is 9.85. The van der Waals surface area contributed by atoms with Gasteiger partial charge >= 0.3 is 23.9 Å². The molecule has 2 unspecified atom stereocenters. The number of amides is 18. The molecule has 0 spiro atoms. The van der Waals surface area contributed by atoms with Crippen LogP contribution in [0.15, 0.2) is 97.1 Å². The Bertz CT molecular complexity index is 5120. The second-order valence-corrected chi connectivity index (χ2v) is 36.3. The van der Waals surface area contributed by atoms with E-state index in [1.807, 2.05) is 0 Å². The van der Waals surface area contributed by atoms with Crippen LogP contribution in [0, 0.1) is 5.41 Å². The maximum absolute atomic E-state index is 16.0. The summed E-state index contributed by atoms with van der Waals surface area (Å²) in [5, 5.41) is 85.3. The van der Waals surface area contributed by atoms with E-state index in [2.05, 4.69) is 74.7 Å². The van der Waals surface area contributed by atoms with E-state index in [9.17, 15) is 107 Å². The molecule has 4 aromatic carbocycles. The van der Waals surface area contributed by atoms with E-state index in [-0.39, 0.29) is 53.0 Å². The van der Waals surface area contributed by atoms with Gasteiger partial charge in [0.05, 0.1) is 38.6 Å². The first kappa shape index (κ1) is 110. The number of primary amides is 2. The molecule has 25 N–H and O–H groups in total. The first-order valence-corrected chi connectivity index (χ1v) is 45.9. The number of benzene rings is 4. The zero-order valence-electron chi connectivity index (χ0n) is 76.1. The molecular formula is C87H117N21O27S2. The predicted octanol–water partition coefficient (Wildman–Crippen LogP) is -5.85. The molecule has 0 aliphatic carbocycles. The molecule has 0 radical (unpaired) electrons. The van der Waals surface area contributed by atoms with E-state index in [1.165, 1.54) is 76.2 Å². The van der Waals surface area contributed by atoms with E-state index < -0.39 is 317 Å². The average Bonchev–Trinajstić information content (AvgIpc) is 1.74. The van der Waals surface area contributed by atoms with Crippen LogP contribution in [0.4, 0.5) is 0 Å². The molecule has 18 amide bonds. The summed E-state index contributed by atoms with van der Waals surface area (Å²) in [6, 6.07) is -3.61. The van der Waals surface area contributed by atoms with Crippen molar-refractivity contribution in [2.45, 2.75) is 216 Å². The summed E-state index contributed by atoms with van der Waals surface area (Å²) in [7, 11) is 0. The Balaban J connectivity index is 1.42. The number of carboxylic acid groups (broad SMARTS) is 4. The zero-order valence-corrected chi connectivity index (χ0v) is 77.7. The van der Waals surface area contributed by atoms with Crippen LogP contribution in [0.2, 0.25) is 0 Å². The number of aliphatic carboxylic acids is 4. The van der Waals surface area contributed by atoms with Gasteiger partial charge in [0.15, 0.2) is 0 Å². The molecule has 3 aliphatic heterocycles. The van der Waals surface area contributed by atoms with E-state index in [1.54, 1.807) is 48.5 Å². The smallest absolute Gasteiger partial charge is 0.305 e. The maximum Gasteiger partial charge on any atom is 0.305 e. The number of thioether (sulfide) groups is 2. The molecule has 3 aliphatic rings. The Kier molecular flexibility index (Phi) is 41.8. The standard InChI is InChI=1S/C87H117N21O27S2/c1-44(88)73(122)102-62-41-137-33-29-66(112)106-31-30-105-42-107(43-106)104-108(86(135)47(4)93-74(123)45(2)91-77(126)57(36-51-18-13-17-50-16-11-12-19-53(50)51)98-76(125)54(24-26-67(113)114)94-80(129)58(37-64(89)110)95-75(124)46(3)92-83(62)132)63(25-27-68(115)116)84(133)100-59(38-69(117)118)81(130)97-55(34-48-14-9-8-10-15-48)78(127)96-56(35-49-20-22-52(109)23-21-49)79(128)99-60(39-70(119)120)82(131)103-71(87(5,6)7)85(134)101-61(72(90)121)40-136-32-28-65(105)111/h8-23,44-47,54-63,71,104,109H,24-43,88H2,1-7H3,(H2,89,110)(H2,90,121)(H,91,126)(H,92,132)(H,93,123)(H,94,129)(H,95,124)(H,96,127)(H,97,130)(H,98,125)(H,99,128)(H,100,133)(H,101,134)(H,102,122)(H,103,131)(H,113,114)(H,115,116)(H,117,118)(H,119,120)/t44-,45+,46+,47+,54-,55-,56-,57-,58-,59-,60?,61-,62-,63-,71+/m0/s1. The van der Waals surface area contributed by atoms with Gasteiger partial charge < -0.3 is 122 Å². The molecular weight excluding hydrogens is 1840 g/mol. The van der Waals surface area contributed by atoms with Crippen molar-refractivity contribution >= 4 is 165 Å². The Hall–Kier alpha value is -14.1. The fourth-order valence-electron chi connectivity index (χ4n) is 14.3. The second kappa shape index (κ2) is 52.1. The molecule has 0 aromatic heterocycles. The molecule has 3 heterocycles. The van der Waals surface area contributed by atoms with Crippen LogP contribution in [0.5, 0.6) is 5.75 Å². The molecule has 4 aromatic rings. The quantitative estimate of drug-likeness (QED) is 0.0369. The number of carbonyl (C=O) groups is 22. The van der Waals surface area contributed by atoms with Crippen LogP contribution in [0.1, 0.15) is 123 Å². The van der Waals surface area contributed by atoms with Crippen molar-refractivity contribution in [3.05, 3.63) is 114 Å². The highest BCUT2D eigenvalue weighted by Crippen LogP contribution is 2.25. The minimum atomic E-state index is -2.38. The number of carbonyl (C=O) groups excluding carboxylic acids is 18. The van der Waals surface area contributed by atoms with Crippen molar-refractivity contribution in [3.8, 4) is 5.75 Å². The second-order valence-electron chi connectivity index (χ2n) is 34.0. The van der Waals surface area contributed by atoms with Gasteiger partial charge in [-0.25, -0.2) is 5.01 Å². The van der Waals surface area contributed by atoms with Crippen LogP contribution in [0.25, 0.3) is 10.8 Å². The lowest BCUT2D eigenvalue weighted by Crippen LogP contribution is -2.67. The van der Waals surface area contributed by atoms with Crippen molar-refractivity contribution < 1.29 is 131 Å². The van der Waals surface area contributed by atoms with Crippen LogP contribution < -0.4 is 91.9 Å². The van der Waals surface area contributed by atoms with Crippen molar-refractivity contribution in [2.24, 2.45) is 22.6 Å². The number of hydrogen-bond acceptors (Lipinski definition) is 28. The van der Waals surface area contributed by atoms with E-state index in [0.29, 0.717) is 21.3 Å². The number of nitrogens with two attached hydrogens (primary N) is 3. The summed E-state index contributed by atoms with van der Waals surface area (Å²) in [4.78, 5) is 316. The van der Waals surface area contributed by atoms with Gasteiger partial charge in [0, 0.05) is 81.0 Å². The Morgan fingerprint density at radius 3 is 1.43 bits per heavy atom. The highest BCUT2D eigenvalue weighted by Gasteiger charge is 2.44. The van der Waals surface area contributed by atoms with Crippen LogP contribution in [-0.2, 0) is 125 Å². The van der Waals surface area contributed by atoms with Gasteiger partial charge in [-0.2, -0.15) is 34.1 Å². The summed E-state index contributed by atoms with van der Waals surface area (Å²) in [5.74, 6) is -29.5. The third kappa shape index (κ3) is 34.9. The summed E-state index contributed by atoms with van der Waals surface area (Å²) < 4.78 is 0. The summed E-state index contributed by atoms with van der Waals surface area (Å²) in [5.41, 5.74) is 19.6. The first-order valence-electron chi connectivity index (χ1n) is 43.6. The number of rotatable bonds is 21. The van der Waals surface area contributed by atoms with E-state index in [4.69, 9.17) is 17.2 Å². The molecule has 4 bridgehead atoms. The van der Waals surface area contributed by atoms with Gasteiger partial charge in [0.25, 0.3) is 5.91 Å². The monoisotopic (exact) mass is 1950 g/mol. The number of hydrogen-bond donors (Lipinski definition) is 22. The molecule has 137 heavy (non-hydrogen) atoms. The minimum Gasteiger partial charge on any atom is -0.508 e. The third-order valence-electron chi connectivity index (χ3n) is 21.8. The lowest BCUT2D eigenvalue weighted by molar-refractivity contribution is -0.159. The molecule has 16 atom stereocenters. The summed E-state index contributed by atoms with van der Waals surface area (Å²) in [6.07, 6.45) is -9.69. The van der Waals surface area contributed by atoms with Crippen molar-refractivity contribution in [3.63, 3.8) is 0 Å². The predicted molar refractivity (Wildman–Crippen MR) is 489 cm³/mol. The highest BCUT2D eigenvalue weighted by atomic mass is 32.2. The SMILES string of the molecule is C[C@H](N)C(=O)N[C@H]1CSCCC(=O)N2CCN3CN(C2)NN(C(=O)[C@@H](C)NC(=O)[C@@H](C)NC(=O)[C@H](Cc2cccc4ccccc24)NC(=O)[C@H](CCC(=O)O)NC(=O)[C@H](CC(N)=O)NC(=O)[C@@H](C)NC1=O)[C@@H](CCC(=O)O)C(=O)N[C@@H](CC(=O)O)C(=O)N[C@@H](Cc1ccccc1)C(=O)N[C@@H](Cc1ccc(O)cc1)C(=O)NC(CC(=O)O)C(=O)N[C@@H](C(C)(C)C)C(=O)N[C@H](C(N)=O)CSCCC3=O. The summed E-state index contributed by atoms with van der Waals surface area (Å²) >= 11 is 1.77. The number of aromatic hydroxyl groups is 1. The topological polar surface area (TPSA) is 736 Å². The molecule has 48 nitrogen and oxygen atoms in total. The van der Waals surface area contributed by atoms with Crippen molar-refractivity contribution in [1.82, 2.24) is 94.5 Å². The normalized spacial score (nSPS) is 25.2. The first-order chi connectivity index (χ1) is 64.5. The number of nitrogens with zero attached hydrogens (tertiary/aromatic N) is 4. The molecule has 3 fully saturated rings. The molecule has 7 rings (SSSR count). The van der Waals surface area contributed by atoms with E-state index in [0.717, 1.165) is 59.1 Å². The number of carboxylic acids is 4. The molecule has 0 saturated carbocycles. The number of fused-ring (bicyclic) bond motifs is 4. The fourth-order valence-corrected chi connectivity index (χ4v) is 16.2. The fraction of sp³-hybridized carbons (Fsp3) is 0.494. The number of phenols is 1. The Morgan fingerprint density at radius 2 is 0.898 bits per heavy atom. The number of hydrazine groups is 2. The molecule has 50 heteroatoms. The number of nitrogens with one attached hydrogen (secondary N) is 14. The summed E-state index contributed by atoms with van der Waals surface area (Å²) in [6.45, 7) is 6.75. The Morgan fingerprint density at radius 1 is 0.460 bits per heavy atom. The lowest BCUT2D eigenvalue weighted by Gasteiger charge is -2.39. The Labute approximate surface area is 793 Å². The van der Waals surface area contributed by atoms with Gasteiger partial charge in [-0.15, -0.1) is 0 Å². The molecule has 3 saturated heterocycles. The highest BCUT2D eigenvalue weighted by molar-refractivity contribution is 7.99. The van der Waals surface area contributed by atoms with Crippen LogP contribution in [-0.4, -0.2) is 316 Å². The van der Waals surface area contributed by atoms with Gasteiger partial charge in [0.1, 0.15) is 90.3 Å². The van der Waals surface area contributed by atoms with Gasteiger partial charge in [-0.3, -0.25) is 105 Å². The van der Waals surface area contributed by atoms with Crippen LogP contribution >= 0.6 is 23.5 Å². The number of phenolic OH excluding ortho intramolecular Hbond substituents is 1. The van der Waals surface area contributed by atoms with Gasteiger partial charge in [0.2, 0.25) is 100 Å². The molecule has 744 valence electrons.